The number of nitrogens with zero attached hydrogens (tertiary/aromatic N) is 1. The van der Waals surface area contributed by atoms with E-state index in [4.69, 9.17) is 9.63 Å². The fourth-order valence-electron chi connectivity index (χ4n) is 4.93. The lowest BCUT2D eigenvalue weighted by molar-refractivity contribution is -0.136. The first kappa shape index (κ1) is 29.6. The van der Waals surface area contributed by atoms with Gasteiger partial charge >= 0.3 is 5.97 Å². The van der Waals surface area contributed by atoms with Gasteiger partial charge in [-0.2, -0.15) is 0 Å². The van der Waals surface area contributed by atoms with Gasteiger partial charge in [-0.25, -0.2) is 0 Å². The average Bonchev–Trinajstić information content (AvgIpc) is 3.19. The summed E-state index contributed by atoms with van der Waals surface area (Å²) in [7, 11) is 0. The highest BCUT2D eigenvalue weighted by atomic mass is 16.5. The Bertz CT molecular complexity index is 1010. The van der Waals surface area contributed by atoms with Crippen molar-refractivity contribution in [2.24, 2.45) is 11.3 Å². The Morgan fingerprint density at radius 2 is 1.83 bits per heavy atom. The molecular formula is C30H46N2O4. The van der Waals surface area contributed by atoms with E-state index in [1.54, 1.807) is 6.92 Å². The zero-order chi connectivity index (χ0) is 27.0. The standard InChI is InChI=1S/C27H40N2O2.C3H6O2/c1-8-18(3)25-23(11-12-24(30)28-22-10-9-17(2)13-19(22)4)29-31-26(25)21-14-20(15-21)16-27(5,6)7;1-2-3(4)5/h9-10,13,18,20-21H,8,11-12,14-16H2,1-7H3,(H,28,30);2H2,1H3,(H,4,5). The minimum Gasteiger partial charge on any atom is -0.481 e. The first-order valence-electron chi connectivity index (χ1n) is 13.4. The maximum atomic E-state index is 12.6. The van der Waals surface area contributed by atoms with Gasteiger partial charge in [-0.1, -0.05) is 64.4 Å². The Morgan fingerprint density at radius 1 is 1.19 bits per heavy atom. The van der Waals surface area contributed by atoms with Crippen LogP contribution < -0.4 is 5.32 Å². The maximum Gasteiger partial charge on any atom is 0.303 e. The zero-order valence-electron chi connectivity index (χ0n) is 23.5. The highest BCUT2D eigenvalue weighted by molar-refractivity contribution is 5.91. The molecule has 36 heavy (non-hydrogen) atoms. The monoisotopic (exact) mass is 498 g/mol. The van der Waals surface area contributed by atoms with Crippen LogP contribution in [0, 0.1) is 25.2 Å². The van der Waals surface area contributed by atoms with E-state index in [1.165, 1.54) is 30.4 Å². The minimum absolute atomic E-state index is 0.0282. The number of carbonyl (C=O) groups is 2. The molecule has 1 aromatic carbocycles. The van der Waals surface area contributed by atoms with Gasteiger partial charge in [-0.3, -0.25) is 9.59 Å². The Labute approximate surface area is 217 Å². The lowest BCUT2D eigenvalue weighted by Crippen LogP contribution is -2.26. The normalized spacial score (nSPS) is 18.0. The second-order valence-electron chi connectivity index (χ2n) is 11.6. The van der Waals surface area contributed by atoms with E-state index in [0.29, 0.717) is 30.1 Å². The Balaban J connectivity index is 0.000000830. The van der Waals surface area contributed by atoms with Gasteiger partial charge in [0.25, 0.3) is 0 Å². The molecule has 1 fully saturated rings. The molecule has 0 radical (unpaired) electrons. The van der Waals surface area contributed by atoms with E-state index in [9.17, 15) is 9.59 Å². The van der Waals surface area contributed by atoms with Crippen molar-refractivity contribution in [3.05, 3.63) is 46.3 Å². The Morgan fingerprint density at radius 3 is 2.36 bits per heavy atom. The molecule has 1 aromatic heterocycles. The maximum absolute atomic E-state index is 12.6. The Hall–Kier alpha value is -2.63. The number of nitrogens with one attached hydrogen (secondary N) is 1. The van der Waals surface area contributed by atoms with Crippen LogP contribution in [-0.4, -0.2) is 22.1 Å². The van der Waals surface area contributed by atoms with Gasteiger partial charge in [0.2, 0.25) is 5.91 Å². The predicted octanol–water partition coefficient (Wildman–Crippen LogP) is 7.79. The largest absolute Gasteiger partial charge is 0.481 e. The summed E-state index contributed by atoms with van der Waals surface area (Å²) >= 11 is 0. The fourth-order valence-corrected chi connectivity index (χ4v) is 4.93. The smallest absolute Gasteiger partial charge is 0.303 e. The molecule has 1 amide bonds. The van der Waals surface area contributed by atoms with Crippen LogP contribution >= 0.6 is 0 Å². The quantitative estimate of drug-likeness (QED) is 0.368. The Kier molecular flexibility index (Phi) is 10.7. The van der Waals surface area contributed by atoms with Gasteiger partial charge < -0.3 is 14.9 Å². The van der Waals surface area contributed by atoms with E-state index in [1.807, 2.05) is 19.1 Å². The molecule has 1 atom stereocenters. The van der Waals surface area contributed by atoms with Gasteiger partial charge in [-0.05, 0) is 68.4 Å². The minimum atomic E-state index is -0.745. The zero-order valence-corrected chi connectivity index (χ0v) is 23.5. The molecule has 1 heterocycles. The van der Waals surface area contributed by atoms with E-state index in [2.05, 4.69) is 58.1 Å². The van der Waals surface area contributed by atoms with Crippen molar-refractivity contribution in [2.75, 3.05) is 5.32 Å². The average molecular weight is 499 g/mol. The van der Waals surface area contributed by atoms with Crippen LogP contribution in [0.4, 0.5) is 5.69 Å². The summed E-state index contributed by atoms with van der Waals surface area (Å²) in [4.78, 5) is 22.0. The molecule has 1 unspecified atom stereocenters. The molecule has 0 bridgehead atoms. The lowest BCUT2D eigenvalue weighted by atomic mass is 9.66. The summed E-state index contributed by atoms with van der Waals surface area (Å²) < 4.78 is 5.90. The molecule has 2 aromatic rings. The number of hydrogen-bond acceptors (Lipinski definition) is 4. The van der Waals surface area contributed by atoms with Crippen molar-refractivity contribution in [1.29, 1.82) is 0 Å². The molecule has 2 N–H and O–H groups in total. The molecule has 0 spiro atoms. The number of aromatic nitrogens is 1. The van der Waals surface area contributed by atoms with Gasteiger partial charge in [-0.15, -0.1) is 0 Å². The number of carboxylic acid groups (broad SMARTS) is 1. The lowest BCUT2D eigenvalue weighted by Gasteiger charge is -2.38. The number of aryl methyl sites for hydroxylation is 3. The second-order valence-corrected chi connectivity index (χ2v) is 11.6. The van der Waals surface area contributed by atoms with E-state index in [0.717, 1.165) is 35.0 Å². The van der Waals surface area contributed by atoms with Crippen molar-refractivity contribution in [3.8, 4) is 0 Å². The molecule has 3 rings (SSSR count). The van der Waals surface area contributed by atoms with Crippen LogP contribution in [0.5, 0.6) is 0 Å². The fraction of sp³-hybridized carbons (Fsp3) is 0.633. The molecule has 0 saturated heterocycles. The van der Waals surface area contributed by atoms with Crippen LogP contribution in [0.1, 0.15) is 120 Å². The summed E-state index contributed by atoms with van der Waals surface area (Å²) in [5.41, 5.74) is 5.79. The van der Waals surface area contributed by atoms with Crippen molar-refractivity contribution >= 4 is 17.6 Å². The molecule has 1 saturated carbocycles. The van der Waals surface area contributed by atoms with E-state index in [-0.39, 0.29) is 12.3 Å². The third kappa shape index (κ3) is 8.79. The van der Waals surface area contributed by atoms with E-state index < -0.39 is 5.97 Å². The SMILES string of the molecule is CCC(=O)O.CCC(C)c1c(CCC(=O)Nc2ccc(C)cc2C)noc1C1CC(CC(C)(C)C)C1. The number of amides is 1. The van der Waals surface area contributed by atoms with Crippen LogP contribution in [0.25, 0.3) is 0 Å². The third-order valence-electron chi connectivity index (χ3n) is 6.99. The first-order valence-corrected chi connectivity index (χ1v) is 13.4. The molecular weight excluding hydrogens is 452 g/mol. The number of rotatable bonds is 9. The summed E-state index contributed by atoms with van der Waals surface area (Å²) in [5, 5.41) is 15.2. The number of aliphatic carboxylic acids is 1. The highest BCUT2D eigenvalue weighted by Gasteiger charge is 2.38. The number of anilines is 1. The van der Waals surface area contributed by atoms with Crippen molar-refractivity contribution < 1.29 is 19.2 Å². The number of carboxylic acids is 1. The van der Waals surface area contributed by atoms with Gasteiger partial charge in [0.15, 0.2) is 0 Å². The molecule has 200 valence electrons. The van der Waals surface area contributed by atoms with Crippen molar-refractivity contribution in [3.63, 3.8) is 0 Å². The second kappa shape index (κ2) is 13.1. The molecule has 1 aliphatic rings. The van der Waals surface area contributed by atoms with E-state index >= 15 is 0 Å². The summed E-state index contributed by atoms with van der Waals surface area (Å²) in [6, 6.07) is 6.09. The number of hydrogen-bond donors (Lipinski definition) is 2. The summed E-state index contributed by atoms with van der Waals surface area (Å²) in [5.74, 6) is 2.05. The molecule has 0 aliphatic heterocycles. The predicted molar refractivity (Wildman–Crippen MR) is 146 cm³/mol. The highest BCUT2D eigenvalue weighted by Crippen LogP contribution is 2.49. The van der Waals surface area contributed by atoms with Crippen molar-refractivity contribution in [1.82, 2.24) is 5.16 Å². The van der Waals surface area contributed by atoms with Crippen LogP contribution in [0.15, 0.2) is 22.7 Å². The summed E-state index contributed by atoms with van der Waals surface area (Å²) in [6.07, 6.45) is 5.97. The molecule has 6 nitrogen and oxygen atoms in total. The van der Waals surface area contributed by atoms with Gasteiger partial charge in [0, 0.05) is 36.4 Å². The van der Waals surface area contributed by atoms with Crippen LogP contribution in [0.2, 0.25) is 0 Å². The third-order valence-corrected chi connectivity index (χ3v) is 6.99. The topological polar surface area (TPSA) is 92.4 Å². The molecule has 6 heteroatoms. The van der Waals surface area contributed by atoms with Gasteiger partial charge in [0.05, 0.1) is 5.69 Å². The van der Waals surface area contributed by atoms with Crippen LogP contribution in [-0.2, 0) is 16.0 Å². The van der Waals surface area contributed by atoms with Crippen LogP contribution in [0.3, 0.4) is 0 Å². The molecule has 1 aliphatic carbocycles. The number of carbonyl (C=O) groups excluding carboxylic acids is 1. The first-order chi connectivity index (χ1) is 16.8. The van der Waals surface area contributed by atoms with Gasteiger partial charge in [0.1, 0.15) is 5.76 Å². The van der Waals surface area contributed by atoms with Crippen molar-refractivity contribution in [2.45, 2.75) is 112 Å². The number of benzene rings is 1. The summed E-state index contributed by atoms with van der Waals surface area (Å²) in [6.45, 7) is 17.1.